The van der Waals surface area contributed by atoms with Crippen molar-refractivity contribution in [2.45, 2.75) is 31.3 Å². The Labute approximate surface area is 115 Å². The number of benzene rings is 1. The molecule has 1 aromatic rings. The molecule has 2 saturated heterocycles. The molecule has 0 spiro atoms. The Hall–Kier alpha value is -1.69. The smallest absolute Gasteiger partial charge is 0.254 e. The van der Waals surface area contributed by atoms with Crippen molar-refractivity contribution in [3.63, 3.8) is 0 Å². The third-order valence-corrected chi connectivity index (χ3v) is 4.23. The van der Waals surface area contributed by atoms with Gasteiger partial charge in [0.25, 0.3) is 5.91 Å². The molecule has 3 rings (SSSR count). The first kappa shape index (κ1) is 13.3. The Bertz CT molecular complexity index is 549. The maximum Gasteiger partial charge on any atom is 0.254 e. The Kier molecular flexibility index (Phi) is 3.33. The van der Waals surface area contributed by atoms with Crippen LogP contribution in [0.15, 0.2) is 12.1 Å². The topological polar surface area (TPSA) is 58.4 Å². The maximum atomic E-state index is 13.8. The van der Waals surface area contributed by atoms with E-state index in [4.69, 9.17) is 5.73 Å². The summed E-state index contributed by atoms with van der Waals surface area (Å²) in [6.45, 7) is 2.00. The first-order valence-electron chi connectivity index (χ1n) is 6.85. The minimum atomic E-state index is -0.856. The summed E-state index contributed by atoms with van der Waals surface area (Å²) >= 11 is 0. The van der Waals surface area contributed by atoms with Crippen LogP contribution in [0.2, 0.25) is 0 Å². The van der Waals surface area contributed by atoms with E-state index in [0.29, 0.717) is 6.04 Å². The van der Waals surface area contributed by atoms with Crippen LogP contribution in [0.4, 0.5) is 14.5 Å². The molecule has 4 nitrogen and oxygen atoms in total. The van der Waals surface area contributed by atoms with Crippen LogP contribution in [0.25, 0.3) is 0 Å². The second kappa shape index (κ2) is 5.01. The van der Waals surface area contributed by atoms with Gasteiger partial charge in [-0.1, -0.05) is 0 Å². The second-order valence-corrected chi connectivity index (χ2v) is 5.47. The number of rotatable bonds is 2. The number of hydrogen-bond donors (Lipinski definition) is 2. The van der Waals surface area contributed by atoms with Crippen molar-refractivity contribution in [3.8, 4) is 0 Å². The molecule has 0 bridgehead atoms. The fraction of sp³-hybridized carbons (Fsp3) is 0.500. The molecular weight excluding hydrogens is 264 g/mol. The van der Waals surface area contributed by atoms with Crippen LogP contribution in [-0.2, 0) is 0 Å². The summed E-state index contributed by atoms with van der Waals surface area (Å²) in [7, 11) is 0. The number of carbonyl (C=O) groups excluding carboxylic acids is 1. The van der Waals surface area contributed by atoms with Gasteiger partial charge < -0.3 is 11.1 Å². The summed E-state index contributed by atoms with van der Waals surface area (Å²) in [5, 5.41) is 2.82. The van der Waals surface area contributed by atoms with E-state index in [1.807, 2.05) is 0 Å². The number of hydrogen-bond acceptors (Lipinski definition) is 3. The predicted octanol–water partition coefficient (Wildman–Crippen LogP) is 1.51. The zero-order valence-corrected chi connectivity index (χ0v) is 11.0. The number of halogens is 2. The Morgan fingerprint density at radius 1 is 1.30 bits per heavy atom. The molecule has 1 aromatic carbocycles. The van der Waals surface area contributed by atoms with Gasteiger partial charge in [0, 0.05) is 18.6 Å². The van der Waals surface area contributed by atoms with Crippen molar-refractivity contribution in [1.82, 2.24) is 10.2 Å². The number of nitrogen functional groups attached to an aromatic ring is 1. The SMILES string of the molecule is Nc1cc(F)cc(C(=O)NC2CCN3CCCC23)c1F. The molecule has 2 aliphatic heterocycles. The fourth-order valence-electron chi connectivity index (χ4n) is 3.27. The average Bonchev–Trinajstić information content (AvgIpc) is 2.98. The van der Waals surface area contributed by atoms with Gasteiger partial charge in [-0.25, -0.2) is 8.78 Å². The number of nitrogens with two attached hydrogens (primary N) is 1. The van der Waals surface area contributed by atoms with Gasteiger partial charge in [-0.05, 0) is 37.9 Å². The van der Waals surface area contributed by atoms with Crippen LogP contribution in [0, 0.1) is 11.6 Å². The molecule has 0 saturated carbocycles. The molecule has 2 atom stereocenters. The van der Waals surface area contributed by atoms with Crippen LogP contribution in [-0.4, -0.2) is 36.0 Å². The highest BCUT2D eigenvalue weighted by atomic mass is 19.1. The quantitative estimate of drug-likeness (QED) is 0.808. The highest BCUT2D eigenvalue weighted by Gasteiger charge is 2.38. The van der Waals surface area contributed by atoms with Crippen LogP contribution in [0.3, 0.4) is 0 Å². The van der Waals surface area contributed by atoms with Crippen molar-refractivity contribution >= 4 is 11.6 Å². The molecule has 1 amide bonds. The zero-order chi connectivity index (χ0) is 14.3. The molecular formula is C14H17F2N3O. The van der Waals surface area contributed by atoms with Crippen LogP contribution >= 0.6 is 0 Å². The van der Waals surface area contributed by atoms with Gasteiger partial charge in [-0.15, -0.1) is 0 Å². The number of carbonyl (C=O) groups is 1. The minimum absolute atomic E-state index is 0.00823. The normalized spacial score (nSPS) is 25.7. The highest BCUT2D eigenvalue weighted by molar-refractivity contribution is 5.95. The average molecular weight is 281 g/mol. The number of fused-ring (bicyclic) bond motifs is 1. The number of nitrogens with zero attached hydrogens (tertiary/aromatic N) is 1. The maximum absolute atomic E-state index is 13.8. The van der Waals surface area contributed by atoms with Gasteiger partial charge in [0.05, 0.1) is 11.3 Å². The summed E-state index contributed by atoms with van der Waals surface area (Å²) in [6, 6.07) is 2.10. The lowest BCUT2D eigenvalue weighted by Crippen LogP contribution is -2.42. The Morgan fingerprint density at radius 3 is 2.90 bits per heavy atom. The minimum Gasteiger partial charge on any atom is -0.396 e. The van der Waals surface area contributed by atoms with Gasteiger partial charge in [0.2, 0.25) is 0 Å². The number of nitrogens with one attached hydrogen (secondary N) is 1. The van der Waals surface area contributed by atoms with E-state index in [1.54, 1.807) is 0 Å². The van der Waals surface area contributed by atoms with Crippen LogP contribution in [0.1, 0.15) is 29.6 Å². The Morgan fingerprint density at radius 2 is 2.10 bits per heavy atom. The molecule has 0 aliphatic carbocycles. The van der Waals surface area contributed by atoms with Crippen LogP contribution < -0.4 is 11.1 Å². The lowest BCUT2D eigenvalue weighted by Gasteiger charge is -2.21. The fourth-order valence-corrected chi connectivity index (χ4v) is 3.27. The third kappa shape index (κ3) is 2.24. The largest absolute Gasteiger partial charge is 0.396 e. The first-order chi connectivity index (χ1) is 9.56. The standard InChI is InChI=1S/C14H17F2N3O/c15-8-6-9(13(16)10(17)7-8)14(20)18-11-3-5-19-4-1-2-12(11)19/h6-7,11-12H,1-5,17H2,(H,18,20). The van der Waals surface area contributed by atoms with Crippen LogP contribution in [0.5, 0.6) is 0 Å². The number of anilines is 1. The summed E-state index contributed by atoms with van der Waals surface area (Å²) in [5.74, 6) is -2.15. The number of amides is 1. The molecule has 2 heterocycles. The molecule has 20 heavy (non-hydrogen) atoms. The van der Waals surface area contributed by atoms with Crippen molar-refractivity contribution in [2.24, 2.45) is 0 Å². The zero-order valence-electron chi connectivity index (χ0n) is 11.0. The summed E-state index contributed by atoms with van der Waals surface area (Å²) in [4.78, 5) is 14.5. The van der Waals surface area contributed by atoms with Gasteiger partial charge in [0.1, 0.15) is 5.82 Å². The Balaban J connectivity index is 1.77. The monoisotopic (exact) mass is 281 g/mol. The summed E-state index contributed by atoms with van der Waals surface area (Å²) < 4.78 is 27.1. The van der Waals surface area contributed by atoms with E-state index in [0.717, 1.165) is 44.5 Å². The third-order valence-electron chi connectivity index (χ3n) is 4.23. The molecule has 6 heteroatoms. The molecule has 3 N–H and O–H groups in total. The van der Waals surface area contributed by atoms with Gasteiger partial charge in [-0.2, -0.15) is 0 Å². The molecule has 2 aliphatic rings. The van der Waals surface area contributed by atoms with E-state index in [-0.39, 0.29) is 17.3 Å². The van der Waals surface area contributed by atoms with Crippen molar-refractivity contribution in [2.75, 3.05) is 18.8 Å². The lowest BCUT2D eigenvalue weighted by molar-refractivity contribution is 0.0925. The molecule has 0 aromatic heterocycles. The van der Waals surface area contributed by atoms with Crippen molar-refractivity contribution in [3.05, 3.63) is 29.3 Å². The molecule has 0 radical (unpaired) electrons. The van der Waals surface area contributed by atoms with Gasteiger partial charge >= 0.3 is 0 Å². The predicted molar refractivity (Wildman–Crippen MR) is 71.2 cm³/mol. The van der Waals surface area contributed by atoms with Gasteiger partial charge in [-0.3, -0.25) is 9.69 Å². The highest BCUT2D eigenvalue weighted by Crippen LogP contribution is 2.28. The summed E-state index contributed by atoms with van der Waals surface area (Å²) in [6.07, 6.45) is 3.01. The first-order valence-corrected chi connectivity index (χ1v) is 6.85. The van der Waals surface area contributed by atoms with E-state index < -0.39 is 17.5 Å². The van der Waals surface area contributed by atoms with Crippen molar-refractivity contribution < 1.29 is 13.6 Å². The van der Waals surface area contributed by atoms with E-state index >= 15 is 0 Å². The van der Waals surface area contributed by atoms with E-state index in [9.17, 15) is 13.6 Å². The lowest BCUT2D eigenvalue weighted by atomic mass is 10.1. The van der Waals surface area contributed by atoms with Crippen molar-refractivity contribution in [1.29, 1.82) is 0 Å². The molecule has 2 unspecified atom stereocenters. The molecule has 108 valence electrons. The van der Waals surface area contributed by atoms with Gasteiger partial charge in [0.15, 0.2) is 5.82 Å². The van der Waals surface area contributed by atoms with E-state index in [2.05, 4.69) is 10.2 Å². The molecule has 2 fully saturated rings. The summed E-state index contributed by atoms with van der Waals surface area (Å²) in [5.41, 5.74) is 4.69. The second-order valence-electron chi connectivity index (χ2n) is 5.47. The van der Waals surface area contributed by atoms with E-state index in [1.165, 1.54) is 0 Å².